The van der Waals surface area contributed by atoms with Gasteiger partial charge in [0.1, 0.15) is 11.5 Å². The van der Waals surface area contributed by atoms with Gasteiger partial charge in [0.05, 0.1) is 25.6 Å². The van der Waals surface area contributed by atoms with Crippen LogP contribution in [-0.4, -0.2) is 66.9 Å². The molecule has 1 aliphatic heterocycles. The first-order valence-corrected chi connectivity index (χ1v) is 21.2. The van der Waals surface area contributed by atoms with Crippen molar-refractivity contribution >= 4 is 36.0 Å². The first-order valence-electron chi connectivity index (χ1n) is 19.2. The molecule has 1 aliphatic rings. The molecular formula is C45H46N8O2S2. The third-order valence-electron chi connectivity index (χ3n) is 9.15. The topological polar surface area (TPSA) is 105 Å². The average Bonchev–Trinajstić information content (AvgIpc) is 3.80. The summed E-state index contributed by atoms with van der Waals surface area (Å²) in [4.78, 5) is 0. The second-order valence-electron chi connectivity index (χ2n) is 13.3. The van der Waals surface area contributed by atoms with Crippen LogP contribution in [0.15, 0.2) is 143 Å². The Balaban J connectivity index is 1.20. The van der Waals surface area contributed by atoms with Crippen LogP contribution in [0.5, 0.6) is 11.5 Å². The molecule has 0 atom stereocenters. The number of hydrogen-bond acceptors (Lipinski definition) is 10. The predicted molar refractivity (Wildman–Crippen MR) is 231 cm³/mol. The molecule has 3 heterocycles. The number of rotatable bonds is 8. The molecule has 6 aromatic rings. The minimum absolute atomic E-state index is 0.520. The summed E-state index contributed by atoms with van der Waals surface area (Å²) >= 11 is 3.28. The summed E-state index contributed by atoms with van der Waals surface area (Å²) in [6.07, 6.45) is 12.5. The molecule has 0 fully saturated rings. The molecule has 57 heavy (non-hydrogen) atoms. The van der Waals surface area contributed by atoms with Crippen LogP contribution in [0.2, 0.25) is 0 Å². The van der Waals surface area contributed by atoms with Crippen LogP contribution in [0.1, 0.15) is 64.3 Å². The Morgan fingerprint density at radius 3 is 1.44 bits per heavy atom. The van der Waals surface area contributed by atoms with E-state index in [-0.39, 0.29) is 0 Å². The third kappa shape index (κ3) is 10.6. The van der Waals surface area contributed by atoms with Gasteiger partial charge in [-0.15, -0.1) is 33.6 Å². The van der Waals surface area contributed by atoms with Crippen molar-refractivity contribution in [1.82, 2.24) is 29.7 Å². The summed E-state index contributed by atoms with van der Waals surface area (Å²) in [6.45, 7) is 9.02. The number of ether oxygens (including phenoxy) is 2. The maximum Gasteiger partial charge on any atom is 0.212 e. The molecule has 12 heteroatoms. The summed E-state index contributed by atoms with van der Waals surface area (Å²) in [5.74, 6) is 4.74. The van der Waals surface area contributed by atoms with Crippen LogP contribution in [0, 0.1) is 0 Å². The van der Waals surface area contributed by atoms with Gasteiger partial charge in [-0.2, -0.15) is 19.6 Å². The largest absolute Gasteiger partial charge is 0.493 e. The molecule has 0 saturated carbocycles. The van der Waals surface area contributed by atoms with Gasteiger partial charge in [-0.25, -0.2) is 0 Å². The van der Waals surface area contributed by atoms with Gasteiger partial charge in [0.15, 0.2) is 11.6 Å². The fourth-order valence-corrected chi connectivity index (χ4v) is 8.23. The maximum atomic E-state index is 6.51. The molecule has 2 aromatic heterocycles. The van der Waals surface area contributed by atoms with Gasteiger partial charge in [0, 0.05) is 35.5 Å². The molecule has 290 valence electrons. The lowest BCUT2D eigenvalue weighted by Gasteiger charge is -2.15. The Kier molecular flexibility index (Phi) is 14.2. The second-order valence-corrected chi connectivity index (χ2v) is 15.5. The smallest absolute Gasteiger partial charge is 0.212 e. The maximum absolute atomic E-state index is 6.51. The Morgan fingerprint density at radius 1 is 0.544 bits per heavy atom. The molecule has 10 nitrogen and oxygen atoms in total. The van der Waals surface area contributed by atoms with E-state index in [0.29, 0.717) is 38.9 Å². The van der Waals surface area contributed by atoms with E-state index in [2.05, 4.69) is 70.0 Å². The van der Waals surface area contributed by atoms with Gasteiger partial charge in [0.25, 0.3) is 0 Å². The minimum atomic E-state index is 0.520. The van der Waals surface area contributed by atoms with E-state index < -0.39 is 0 Å². The summed E-state index contributed by atoms with van der Waals surface area (Å²) in [7, 11) is 0. The quantitative estimate of drug-likeness (QED) is 0.141. The van der Waals surface area contributed by atoms with Crippen LogP contribution < -0.4 is 9.47 Å². The van der Waals surface area contributed by atoms with Gasteiger partial charge in [-0.1, -0.05) is 121 Å². The van der Waals surface area contributed by atoms with Crippen molar-refractivity contribution in [2.45, 2.75) is 55.3 Å². The van der Waals surface area contributed by atoms with E-state index in [1.807, 2.05) is 94.6 Å². The Morgan fingerprint density at radius 2 is 1.00 bits per heavy atom. The van der Waals surface area contributed by atoms with E-state index in [1.165, 1.54) is 0 Å². The molecule has 0 N–H and O–H groups in total. The summed E-state index contributed by atoms with van der Waals surface area (Å²) < 4.78 is 16.7. The number of para-hydroxylation sites is 2. The van der Waals surface area contributed by atoms with Crippen LogP contribution in [0.3, 0.4) is 0 Å². The SMILES string of the molecule is C=CCc1cccc2c1OCCCCOc1c(cccc1CC=C)/C=N\n1c(Cc3ccccc3)nnc1SCCCSc1nnc(Cc3ccccc3)n1/N=C\2. The fourth-order valence-electron chi connectivity index (χ4n) is 6.36. The summed E-state index contributed by atoms with van der Waals surface area (Å²) in [5, 5.41) is 29.8. The first-order chi connectivity index (χ1) is 28.2. The van der Waals surface area contributed by atoms with Crippen LogP contribution in [-0.2, 0) is 25.7 Å². The zero-order valence-electron chi connectivity index (χ0n) is 32.0. The van der Waals surface area contributed by atoms with E-state index >= 15 is 0 Å². The Bertz CT molecular complexity index is 2140. The standard InChI is InChI=1S/C45H46N8O2S2/c1-3-16-36-22-13-24-38-32-46-52-40(30-34-18-7-5-8-19-34)48-50-44(52)56-28-15-29-57-45-51-49-41(31-35-20-9-6-10-21-35)53(45)47-33-39-25-14-23-37(17-4-2)43(39)55-27-12-11-26-54-42(36)38/h3-10,13-14,18-25,32-33H,1-2,11-12,15-17,26-31H2/b46-32-,47-33-. The number of fused-ring (bicyclic) bond motifs is 4. The molecule has 0 unspecified atom stereocenters. The number of allylic oxidation sites excluding steroid dienone is 2. The molecule has 0 saturated heterocycles. The van der Waals surface area contributed by atoms with Crippen molar-refractivity contribution < 1.29 is 9.47 Å². The number of thioether (sulfide) groups is 2. The second kappa shape index (κ2) is 20.4. The van der Waals surface area contributed by atoms with Gasteiger partial charge >= 0.3 is 0 Å². The van der Waals surface area contributed by atoms with Crippen molar-refractivity contribution in [2.24, 2.45) is 10.2 Å². The average molecular weight is 795 g/mol. The van der Waals surface area contributed by atoms with Crippen molar-refractivity contribution in [1.29, 1.82) is 0 Å². The van der Waals surface area contributed by atoms with Gasteiger partial charge in [-0.05, 0) is 66.5 Å². The van der Waals surface area contributed by atoms with Crippen molar-refractivity contribution in [2.75, 3.05) is 24.7 Å². The molecule has 0 radical (unpaired) electrons. The molecule has 0 spiro atoms. The third-order valence-corrected chi connectivity index (χ3v) is 11.2. The van der Waals surface area contributed by atoms with Gasteiger partial charge in [-0.3, -0.25) is 0 Å². The number of aromatic nitrogens is 6. The van der Waals surface area contributed by atoms with Crippen LogP contribution in [0.25, 0.3) is 0 Å². The van der Waals surface area contributed by atoms with Crippen molar-refractivity contribution in [3.05, 3.63) is 167 Å². The molecule has 4 aromatic carbocycles. The van der Waals surface area contributed by atoms with E-state index in [9.17, 15) is 0 Å². The minimum Gasteiger partial charge on any atom is -0.493 e. The van der Waals surface area contributed by atoms with Gasteiger partial charge < -0.3 is 9.47 Å². The highest BCUT2D eigenvalue weighted by molar-refractivity contribution is 8.00. The number of hydrogen-bond donors (Lipinski definition) is 0. The number of nitrogens with zero attached hydrogens (tertiary/aromatic N) is 8. The van der Waals surface area contributed by atoms with Crippen LogP contribution in [0.4, 0.5) is 0 Å². The van der Waals surface area contributed by atoms with Crippen molar-refractivity contribution in [3.8, 4) is 11.5 Å². The monoisotopic (exact) mass is 794 g/mol. The lowest BCUT2D eigenvalue weighted by molar-refractivity contribution is 0.264. The zero-order chi connectivity index (χ0) is 39.1. The van der Waals surface area contributed by atoms with E-state index in [1.54, 1.807) is 23.5 Å². The highest BCUT2D eigenvalue weighted by atomic mass is 32.2. The highest BCUT2D eigenvalue weighted by Gasteiger charge is 2.17. The van der Waals surface area contributed by atoms with Gasteiger partial charge in [0.2, 0.25) is 10.3 Å². The van der Waals surface area contributed by atoms with E-state index in [4.69, 9.17) is 19.7 Å². The van der Waals surface area contributed by atoms with Crippen LogP contribution >= 0.6 is 23.5 Å². The fraction of sp³-hybridized carbons (Fsp3) is 0.244. The number of benzene rings is 4. The lowest BCUT2D eigenvalue weighted by Crippen LogP contribution is -2.08. The Labute approximate surface area is 342 Å². The first kappa shape index (κ1) is 39.5. The highest BCUT2D eigenvalue weighted by Crippen LogP contribution is 2.28. The zero-order valence-corrected chi connectivity index (χ0v) is 33.6. The molecule has 7 rings (SSSR count). The normalized spacial score (nSPS) is 15.0. The molecular weight excluding hydrogens is 749 g/mol. The molecule has 0 amide bonds. The van der Waals surface area contributed by atoms with E-state index in [0.717, 1.165) is 97.6 Å². The lowest BCUT2D eigenvalue weighted by atomic mass is 10.1. The predicted octanol–water partition coefficient (Wildman–Crippen LogP) is 9.10. The summed E-state index contributed by atoms with van der Waals surface area (Å²) in [5.41, 5.74) is 6.15. The molecule has 0 bridgehead atoms. The Hall–Kier alpha value is -5.72. The molecule has 0 aliphatic carbocycles. The summed E-state index contributed by atoms with van der Waals surface area (Å²) in [6, 6.07) is 32.8. The van der Waals surface area contributed by atoms with Crippen molar-refractivity contribution in [3.63, 3.8) is 0 Å².